The molecule has 0 saturated carbocycles. The van der Waals surface area contributed by atoms with E-state index in [9.17, 15) is 18.0 Å². The van der Waals surface area contributed by atoms with E-state index in [0.717, 1.165) is 27.8 Å². The normalized spacial score (nSPS) is 11.7. The summed E-state index contributed by atoms with van der Waals surface area (Å²) in [7, 11) is 0. The molecule has 1 amide bonds. The van der Waals surface area contributed by atoms with Crippen molar-refractivity contribution in [1.29, 1.82) is 0 Å². The number of nitrogens with one attached hydrogen (secondary N) is 1. The summed E-state index contributed by atoms with van der Waals surface area (Å²) in [5.41, 5.74) is 0.0353. The Labute approximate surface area is 151 Å². The third-order valence-corrected chi connectivity index (χ3v) is 5.40. The molecule has 0 bridgehead atoms. The van der Waals surface area contributed by atoms with Crippen molar-refractivity contribution in [1.82, 2.24) is 5.32 Å². The van der Waals surface area contributed by atoms with E-state index in [2.05, 4.69) is 5.32 Å². The van der Waals surface area contributed by atoms with Gasteiger partial charge < -0.3 is 5.32 Å². The molecule has 2 aromatic carbocycles. The average molecular weight is 384 g/mol. The van der Waals surface area contributed by atoms with Gasteiger partial charge in [0.25, 0.3) is 5.91 Å². The number of carbonyl (C=O) groups excluding carboxylic acids is 1. The molecule has 0 aliphatic carbocycles. The maximum Gasteiger partial charge on any atom is 0.416 e. The van der Waals surface area contributed by atoms with Crippen LogP contribution in [0.3, 0.4) is 0 Å². The molecular weight excluding hydrogens is 371 g/mol. The second kappa shape index (κ2) is 7.06. The number of hydrogen-bond acceptors (Lipinski definition) is 2. The second-order valence-electron chi connectivity index (χ2n) is 5.44. The van der Waals surface area contributed by atoms with E-state index in [1.54, 1.807) is 0 Å². The SMILES string of the molecule is O=C(NCCc1ccc(C(F)(F)F)cc1)c1sc2ccccc2c1Cl. The Balaban J connectivity index is 1.61. The van der Waals surface area contributed by atoms with Crippen LogP contribution in [0.15, 0.2) is 48.5 Å². The summed E-state index contributed by atoms with van der Waals surface area (Å²) in [6.07, 6.45) is -3.91. The van der Waals surface area contributed by atoms with Gasteiger partial charge in [-0.1, -0.05) is 41.9 Å². The van der Waals surface area contributed by atoms with Crippen LogP contribution < -0.4 is 5.32 Å². The van der Waals surface area contributed by atoms with E-state index in [0.29, 0.717) is 22.9 Å². The van der Waals surface area contributed by atoms with Crippen molar-refractivity contribution >= 4 is 38.9 Å². The fraction of sp³-hybridized carbons (Fsp3) is 0.167. The summed E-state index contributed by atoms with van der Waals surface area (Å²) in [6, 6.07) is 12.4. The minimum atomic E-state index is -4.34. The summed E-state index contributed by atoms with van der Waals surface area (Å²) < 4.78 is 38.5. The largest absolute Gasteiger partial charge is 0.416 e. The van der Waals surface area contributed by atoms with Gasteiger partial charge in [0.2, 0.25) is 0 Å². The average Bonchev–Trinajstić information content (AvgIpc) is 2.92. The van der Waals surface area contributed by atoms with Crippen LogP contribution >= 0.6 is 22.9 Å². The molecule has 0 fully saturated rings. The first-order valence-electron chi connectivity index (χ1n) is 7.47. The molecule has 0 atom stereocenters. The van der Waals surface area contributed by atoms with E-state index in [1.807, 2.05) is 24.3 Å². The molecular formula is C18H13ClF3NOS. The van der Waals surface area contributed by atoms with Gasteiger partial charge in [0.1, 0.15) is 4.88 Å². The number of thiophene rings is 1. The maximum absolute atomic E-state index is 12.5. The minimum absolute atomic E-state index is 0.280. The lowest BCUT2D eigenvalue weighted by atomic mass is 10.1. The lowest BCUT2D eigenvalue weighted by molar-refractivity contribution is -0.137. The topological polar surface area (TPSA) is 29.1 Å². The third-order valence-electron chi connectivity index (χ3n) is 3.72. The van der Waals surface area contributed by atoms with Crippen LogP contribution in [0.5, 0.6) is 0 Å². The molecule has 1 aromatic heterocycles. The Morgan fingerprint density at radius 3 is 2.40 bits per heavy atom. The Morgan fingerprint density at radius 1 is 1.08 bits per heavy atom. The Kier molecular flexibility index (Phi) is 5.01. The molecule has 0 aliphatic rings. The molecule has 0 spiro atoms. The number of carbonyl (C=O) groups is 1. The molecule has 1 N–H and O–H groups in total. The number of amides is 1. The minimum Gasteiger partial charge on any atom is -0.351 e. The lowest BCUT2D eigenvalue weighted by Crippen LogP contribution is -2.25. The molecule has 7 heteroatoms. The van der Waals surface area contributed by atoms with Crippen LogP contribution in [-0.2, 0) is 12.6 Å². The van der Waals surface area contributed by atoms with Crippen molar-refractivity contribution in [2.75, 3.05) is 6.54 Å². The lowest BCUT2D eigenvalue weighted by Gasteiger charge is -2.08. The summed E-state index contributed by atoms with van der Waals surface area (Å²) in [5, 5.41) is 4.02. The molecule has 25 heavy (non-hydrogen) atoms. The van der Waals surface area contributed by atoms with Gasteiger partial charge in [0.05, 0.1) is 10.6 Å². The van der Waals surface area contributed by atoms with Crippen molar-refractivity contribution < 1.29 is 18.0 Å². The number of alkyl halides is 3. The molecule has 0 saturated heterocycles. The number of benzene rings is 2. The molecule has 1 heterocycles. The van der Waals surface area contributed by atoms with Gasteiger partial charge >= 0.3 is 6.18 Å². The highest BCUT2D eigenvalue weighted by atomic mass is 35.5. The van der Waals surface area contributed by atoms with Gasteiger partial charge in [-0.3, -0.25) is 4.79 Å². The number of halogens is 4. The van der Waals surface area contributed by atoms with Crippen molar-refractivity contribution in [2.24, 2.45) is 0 Å². The van der Waals surface area contributed by atoms with Gasteiger partial charge in [0.15, 0.2) is 0 Å². The van der Waals surface area contributed by atoms with Crippen LogP contribution in [0.1, 0.15) is 20.8 Å². The van der Waals surface area contributed by atoms with E-state index < -0.39 is 11.7 Å². The summed E-state index contributed by atoms with van der Waals surface area (Å²) in [6.45, 7) is 0.314. The Bertz CT molecular complexity index is 903. The highest BCUT2D eigenvalue weighted by Crippen LogP contribution is 2.35. The van der Waals surface area contributed by atoms with E-state index in [-0.39, 0.29) is 5.91 Å². The van der Waals surface area contributed by atoms with Gasteiger partial charge in [-0.05, 0) is 30.2 Å². The summed E-state index contributed by atoms with van der Waals surface area (Å²) >= 11 is 7.57. The van der Waals surface area contributed by atoms with E-state index >= 15 is 0 Å². The molecule has 0 unspecified atom stereocenters. The van der Waals surface area contributed by atoms with Crippen LogP contribution in [-0.4, -0.2) is 12.5 Å². The summed E-state index contributed by atoms with van der Waals surface area (Å²) in [5.74, 6) is -0.280. The van der Waals surface area contributed by atoms with Crippen molar-refractivity contribution in [3.63, 3.8) is 0 Å². The Hall–Kier alpha value is -2.05. The van der Waals surface area contributed by atoms with Gasteiger partial charge in [-0.15, -0.1) is 11.3 Å². The first-order valence-corrected chi connectivity index (χ1v) is 8.67. The van der Waals surface area contributed by atoms with E-state index in [4.69, 9.17) is 11.6 Å². The van der Waals surface area contributed by atoms with Crippen molar-refractivity contribution in [3.8, 4) is 0 Å². The fourth-order valence-corrected chi connectivity index (χ4v) is 3.85. The van der Waals surface area contributed by atoms with Gasteiger partial charge in [0, 0.05) is 16.6 Å². The zero-order valence-corrected chi connectivity index (χ0v) is 14.4. The van der Waals surface area contributed by atoms with Crippen LogP contribution in [0.25, 0.3) is 10.1 Å². The first kappa shape index (κ1) is 17.8. The highest BCUT2D eigenvalue weighted by Gasteiger charge is 2.29. The molecule has 3 aromatic rings. The van der Waals surface area contributed by atoms with E-state index in [1.165, 1.54) is 23.5 Å². The zero-order valence-electron chi connectivity index (χ0n) is 12.9. The van der Waals surface area contributed by atoms with Crippen molar-refractivity contribution in [2.45, 2.75) is 12.6 Å². The maximum atomic E-state index is 12.5. The molecule has 2 nitrogen and oxygen atoms in total. The van der Waals surface area contributed by atoms with Crippen LogP contribution in [0.4, 0.5) is 13.2 Å². The Morgan fingerprint density at radius 2 is 1.76 bits per heavy atom. The fourth-order valence-electron chi connectivity index (χ4n) is 2.42. The third kappa shape index (κ3) is 3.96. The number of rotatable bonds is 4. The first-order chi connectivity index (χ1) is 11.9. The number of fused-ring (bicyclic) bond motifs is 1. The standard InChI is InChI=1S/C18H13ClF3NOS/c19-15-13-3-1-2-4-14(13)25-16(15)17(24)23-10-9-11-5-7-12(8-6-11)18(20,21)22/h1-8H,9-10H2,(H,23,24). The van der Waals surface area contributed by atoms with Gasteiger partial charge in [-0.2, -0.15) is 13.2 Å². The van der Waals surface area contributed by atoms with Crippen LogP contribution in [0.2, 0.25) is 5.02 Å². The summed E-state index contributed by atoms with van der Waals surface area (Å²) in [4.78, 5) is 12.7. The predicted molar refractivity (Wildman–Crippen MR) is 94.3 cm³/mol. The molecule has 0 aliphatic heterocycles. The van der Waals surface area contributed by atoms with Gasteiger partial charge in [-0.25, -0.2) is 0 Å². The molecule has 0 radical (unpaired) electrons. The zero-order chi connectivity index (χ0) is 18.0. The smallest absolute Gasteiger partial charge is 0.351 e. The second-order valence-corrected chi connectivity index (χ2v) is 6.87. The molecule has 130 valence electrons. The molecule has 3 rings (SSSR count). The number of hydrogen-bond donors (Lipinski definition) is 1. The quantitative estimate of drug-likeness (QED) is 0.629. The van der Waals surface area contributed by atoms with Crippen molar-refractivity contribution in [3.05, 3.63) is 69.6 Å². The van der Waals surface area contributed by atoms with Crippen LogP contribution in [0, 0.1) is 0 Å². The predicted octanol–water partition coefficient (Wildman–Crippen LogP) is 5.55. The monoisotopic (exact) mass is 383 g/mol. The highest BCUT2D eigenvalue weighted by molar-refractivity contribution is 7.21.